The van der Waals surface area contributed by atoms with Gasteiger partial charge in [-0.15, -0.1) is 0 Å². The number of carbonyl (C=O) groups is 1. The van der Waals surface area contributed by atoms with E-state index in [1.807, 2.05) is 26.8 Å². The molecule has 1 amide bonds. The maximum atomic E-state index is 11.7. The van der Waals surface area contributed by atoms with E-state index in [4.69, 9.17) is 4.74 Å². The Balaban J connectivity index is 2.49. The smallest absolute Gasteiger partial charge is 0.225 e. The van der Waals surface area contributed by atoms with Crippen molar-refractivity contribution in [2.45, 2.75) is 27.2 Å². The molecule has 4 nitrogen and oxygen atoms in total. The molecule has 0 saturated carbocycles. The van der Waals surface area contributed by atoms with E-state index in [0.29, 0.717) is 6.54 Å². The first kappa shape index (κ1) is 13.5. The zero-order valence-corrected chi connectivity index (χ0v) is 10.9. The first-order valence-corrected chi connectivity index (χ1v) is 5.70. The van der Waals surface area contributed by atoms with Crippen LogP contribution in [0.3, 0.4) is 0 Å². The summed E-state index contributed by atoms with van der Waals surface area (Å²) < 4.78 is 5.22. The largest absolute Gasteiger partial charge is 0.496 e. The van der Waals surface area contributed by atoms with Gasteiger partial charge in [-0.2, -0.15) is 0 Å². The molecular weight excluding hydrogens is 216 g/mol. The zero-order chi connectivity index (χ0) is 12.9. The van der Waals surface area contributed by atoms with Gasteiger partial charge < -0.3 is 10.1 Å². The van der Waals surface area contributed by atoms with Gasteiger partial charge in [0.1, 0.15) is 5.75 Å². The lowest BCUT2D eigenvalue weighted by Gasteiger charge is -2.17. The fraction of sp³-hybridized carbons (Fsp3) is 0.538. The number of aromatic nitrogens is 1. The number of rotatable bonds is 4. The van der Waals surface area contributed by atoms with Crippen LogP contribution >= 0.6 is 0 Å². The average Bonchev–Trinajstić information content (AvgIpc) is 2.28. The lowest BCUT2D eigenvalue weighted by atomic mass is 9.95. The molecule has 0 aromatic carbocycles. The number of pyridine rings is 1. The second-order valence-corrected chi connectivity index (χ2v) is 4.94. The molecule has 17 heavy (non-hydrogen) atoms. The summed E-state index contributed by atoms with van der Waals surface area (Å²) in [4.78, 5) is 15.7. The molecule has 0 unspecified atom stereocenters. The van der Waals surface area contributed by atoms with Crippen molar-refractivity contribution < 1.29 is 9.53 Å². The summed E-state index contributed by atoms with van der Waals surface area (Å²) in [5.74, 6) is 0.866. The minimum Gasteiger partial charge on any atom is -0.496 e. The van der Waals surface area contributed by atoms with Crippen LogP contribution in [0, 0.1) is 5.41 Å². The summed E-state index contributed by atoms with van der Waals surface area (Å²) in [6.45, 7) is 6.28. The monoisotopic (exact) mass is 236 g/mol. The third-order valence-electron chi connectivity index (χ3n) is 2.44. The molecule has 0 atom stereocenters. The van der Waals surface area contributed by atoms with E-state index >= 15 is 0 Å². The first-order chi connectivity index (χ1) is 7.95. The molecule has 0 bridgehead atoms. The molecule has 1 aromatic rings. The van der Waals surface area contributed by atoms with Gasteiger partial charge in [0.25, 0.3) is 0 Å². The zero-order valence-electron chi connectivity index (χ0n) is 10.9. The van der Waals surface area contributed by atoms with Gasteiger partial charge in [-0.25, -0.2) is 0 Å². The Morgan fingerprint density at radius 1 is 1.47 bits per heavy atom. The van der Waals surface area contributed by atoms with Crippen LogP contribution in [0.1, 0.15) is 26.3 Å². The number of hydrogen-bond acceptors (Lipinski definition) is 3. The number of amides is 1. The molecule has 1 aromatic heterocycles. The fourth-order valence-corrected chi connectivity index (χ4v) is 1.38. The number of methoxy groups -OCH3 is 1. The Hall–Kier alpha value is -1.58. The minimum absolute atomic E-state index is 0.0559. The number of ether oxygens (including phenoxy) is 1. The fourth-order valence-electron chi connectivity index (χ4n) is 1.38. The van der Waals surface area contributed by atoms with Crippen LogP contribution in [0.5, 0.6) is 5.75 Å². The maximum absolute atomic E-state index is 11.7. The van der Waals surface area contributed by atoms with E-state index < -0.39 is 0 Å². The van der Waals surface area contributed by atoms with Gasteiger partial charge in [0.2, 0.25) is 5.91 Å². The summed E-state index contributed by atoms with van der Waals surface area (Å²) in [7, 11) is 1.63. The number of nitrogens with zero attached hydrogens (tertiary/aromatic N) is 1. The molecule has 1 rings (SSSR count). The van der Waals surface area contributed by atoms with Crippen molar-refractivity contribution >= 4 is 5.91 Å². The van der Waals surface area contributed by atoms with Gasteiger partial charge in [0.05, 0.1) is 7.11 Å². The highest BCUT2D eigenvalue weighted by molar-refractivity contribution is 5.81. The third kappa shape index (κ3) is 4.06. The Morgan fingerprint density at radius 2 is 2.18 bits per heavy atom. The van der Waals surface area contributed by atoms with Crippen LogP contribution in [0.15, 0.2) is 18.5 Å². The number of carbonyl (C=O) groups excluding carboxylic acids is 1. The van der Waals surface area contributed by atoms with Crippen molar-refractivity contribution in [3.63, 3.8) is 0 Å². The maximum Gasteiger partial charge on any atom is 0.225 e. The summed E-state index contributed by atoms with van der Waals surface area (Å²) in [6.07, 6.45) is 4.18. The van der Waals surface area contributed by atoms with Gasteiger partial charge in [0, 0.05) is 29.9 Å². The molecule has 1 heterocycles. The van der Waals surface area contributed by atoms with E-state index in [9.17, 15) is 4.79 Å². The predicted octanol–water partition coefficient (Wildman–Crippen LogP) is 1.79. The van der Waals surface area contributed by atoms with Gasteiger partial charge in [-0.1, -0.05) is 20.8 Å². The van der Waals surface area contributed by atoms with Crippen molar-refractivity contribution in [2.24, 2.45) is 5.41 Å². The lowest BCUT2D eigenvalue weighted by Crippen LogP contribution is -2.35. The predicted molar refractivity (Wildman–Crippen MR) is 67.0 cm³/mol. The molecular formula is C13H20N2O2. The van der Waals surface area contributed by atoms with Gasteiger partial charge in [-0.3, -0.25) is 9.78 Å². The summed E-state index contributed by atoms with van der Waals surface area (Å²) in [6, 6.07) is 1.82. The molecule has 0 aliphatic rings. The Bertz CT molecular complexity index is 383. The SMILES string of the molecule is COc1ccncc1CCNC(=O)C(C)(C)C. The van der Waals surface area contributed by atoms with Gasteiger partial charge >= 0.3 is 0 Å². The van der Waals surface area contributed by atoms with E-state index in [0.717, 1.165) is 17.7 Å². The number of nitrogens with one attached hydrogen (secondary N) is 1. The molecule has 4 heteroatoms. The minimum atomic E-state index is -0.348. The van der Waals surface area contributed by atoms with E-state index in [1.54, 1.807) is 19.5 Å². The Labute approximate surface area is 102 Å². The lowest BCUT2D eigenvalue weighted by molar-refractivity contribution is -0.128. The van der Waals surface area contributed by atoms with Crippen LogP contribution in [0.25, 0.3) is 0 Å². The molecule has 94 valence electrons. The second-order valence-electron chi connectivity index (χ2n) is 4.94. The van der Waals surface area contributed by atoms with Crippen LogP contribution in [0.2, 0.25) is 0 Å². The second kappa shape index (κ2) is 5.66. The molecule has 0 saturated heterocycles. The Kier molecular flexibility index (Phi) is 4.49. The molecule has 0 aliphatic heterocycles. The van der Waals surface area contributed by atoms with Crippen LogP contribution in [-0.2, 0) is 11.2 Å². The molecule has 0 radical (unpaired) electrons. The normalized spacial score (nSPS) is 11.1. The summed E-state index contributed by atoms with van der Waals surface area (Å²) in [5, 5.41) is 2.90. The van der Waals surface area contributed by atoms with Crippen molar-refractivity contribution in [1.82, 2.24) is 10.3 Å². The van der Waals surface area contributed by atoms with Gasteiger partial charge in [0.15, 0.2) is 0 Å². The Morgan fingerprint density at radius 3 is 2.76 bits per heavy atom. The van der Waals surface area contributed by atoms with Crippen molar-refractivity contribution in [1.29, 1.82) is 0 Å². The standard InChI is InChI=1S/C13H20N2O2/c1-13(2,3)12(16)15-8-5-10-9-14-7-6-11(10)17-4/h6-7,9H,5,8H2,1-4H3,(H,15,16). The average molecular weight is 236 g/mol. The topological polar surface area (TPSA) is 51.2 Å². The van der Waals surface area contributed by atoms with E-state index in [-0.39, 0.29) is 11.3 Å². The highest BCUT2D eigenvalue weighted by Gasteiger charge is 2.20. The van der Waals surface area contributed by atoms with E-state index in [2.05, 4.69) is 10.3 Å². The van der Waals surface area contributed by atoms with Crippen molar-refractivity contribution in [3.8, 4) is 5.75 Å². The number of hydrogen-bond donors (Lipinski definition) is 1. The quantitative estimate of drug-likeness (QED) is 0.867. The summed E-state index contributed by atoms with van der Waals surface area (Å²) >= 11 is 0. The first-order valence-electron chi connectivity index (χ1n) is 5.70. The van der Waals surface area contributed by atoms with Crippen molar-refractivity contribution in [3.05, 3.63) is 24.0 Å². The third-order valence-corrected chi connectivity index (χ3v) is 2.44. The van der Waals surface area contributed by atoms with E-state index in [1.165, 1.54) is 0 Å². The molecule has 0 fully saturated rings. The highest BCUT2D eigenvalue weighted by Crippen LogP contribution is 2.16. The summed E-state index contributed by atoms with van der Waals surface area (Å²) in [5.41, 5.74) is 0.656. The van der Waals surface area contributed by atoms with Gasteiger partial charge in [-0.05, 0) is 12.5 Å². The highest BCUT2D eigenvalue weighted by atomic mass is 16.5. The van der Waals surface area contributed by atoms with Crippen LogP contribution in [-0.4, -0.2) is 24.5 Å². The molecule has 1 N–H and O–H groups in total. The van der Waals surface area contributed by atoms with Crippen molar-refractivity contribution in [2.75, 3.05) is 13.7 Å². The molecule has 0 spiro atoms. The van der Waals surface area contributed by atoms with Crippen LogP contribution in [0.4, 0.5) is 0 Å². The molecule has 0 aliphatic carbocycles. The van der Waals surface area contributed by atoms with Crippen LogP contribution < -0.4 is 10.1 Å².